The van der Waals surface area contributed by atoms with Gasteiger partial charge in [-0.15, -0.1) is 0 Å². The van der Waals surface area contributed by atoms with Gasteiger partial charge in [0.25, 0.3) is 5.91 Å². The van der Waals surface area contributed by atoms with E-state index in [0.29, 0.717) is 22.4 Å². The molecule has 6 nitrogen and oxygen atoms in total. The standard InChI is InChI=1S/C18H21FN2O4/c1-9-15(18(23)25-5)11(3)20-16(9)17(22)21-10(2)12-6-7-14(24-4)13(19)8-12/h6-8,10,20H,1-5H3,(H,21,22). The number of hydrogen-bond donors (Lipinski definition) is 2. The van der Waals surface area contributed by atoms with Crippen LogP contribution in [0.3, 0.4) is 0 Å². The van der Waals surface area contributed by atoms with E-state index in [1.165, 1.54) is 26.4 Å². The molecule has 0 spiro atoms. The van der Waals surface area contributed by atoms with Crippen LogP contribution in [0.1, 0.15) is 50.6 Å². The average molecular weight is 348 g/mol. The smallest absolute Gasteiger partial charge is 0.339 e. The quantitative estimate of drug-likeness (QED) is 0.814. The van der Waals surface area contributed by atoms with Crippen LogP contribution in [0, 0.1) is 19.7 Å². The van der Waals surface area contributed by atoms with Crippen LogP contribution < -0.4 is 10.1 Å². The second-order valence-electron chi connectivity index (χ2n) is 5.71. The molecule has 2 rings (SSSR count). The Bertz CT molecular complexity index is 814. The highest BCUT2D eigenvalue weighted by atomic mass is 19.1. The monoisotopic (exact) mass is 348 g/mol. The number of methoxy groups -OCH3 is 2. The summed E-state index contributed by atoms with van der Waals surface area (Å²) in [4.78, 5) is 27.2. The van der Waals surface area contributed by atoms with Crippen LogP contribution in [0.15, 0.2) is 18.2 Å². The SMILES string of the molecule is COC(=O)c1c(C)[nH]c(C(=O)NC(C)c2ccc(OC)c(F)c2)c1C. The number of hydrogen-bond acceptors (Lipinski definition) is 4. The zero-order valence-electron chi connectivity index (χ0n) is 14.8. The normalized spacial score (nSPS) is 11.8. The predicted molar refractivity (Wildman–Crippen MR) is 90.4 cm³/mol. The van der Waals surface area contributed by atoms with Crippen molar-refractivity contribution in [3.8, 4) is 5.75 Å². The van der Waals surface area contributed by atoms with Crippen molar-refractivity contribution >= 4 is 11.9 Å². The van der Waals surface area contributed by atoms with Gasteiger partial charge in [-0.3, -0.25) is 4.79 Å². The number of H-pyrrole nitrogens is 1. The van der Waals surface area contributed by atoms with Crippen LogP contribution in [-0.4, -0.2) is 31.1 Å². The number of carbonyl (C=O) groups is 2. The Kier molecular flexibility index (Phi) is 5.46. The van der Waals surface area contributed by atoms with Crippen molar-refractivity contribution in [1.82, 2.24) is 10.3 Å². The zero-order chi connectivity index (χ0) is 18.7. The first-order valence-electron chi connectivity index (χ1n) is 7.71. The second-order valence-corrected chi connectivity index (χ2v) is 5.71. The van der Waals surface area contributed by atoms with E-state index in [-0.39, 0.29) is 17.4 Å². The van der Waals surface area contributed by atoms with Crippen molar-refractivity contribution in [3.05, 3.63) is 52.1 Å². The molecule has 1 amide bonds. The van der Waals surface area contributed by atoms with Crippen LogP contribution in [0.25, 0.3) is 0 Å². The molecule has 0 fully saturated rings. The van der Waals surface area contributed by atoms with E-state index in [9.17, 15) is 14.0 Å². The number of benzene rings is 1. The molecule has 0 radical (unpaired) electrons. The van der Waals surface area contributed by atoms with Crippen molar-refractivity contribution in [2.45, 2.75) is 26.8 Å². The lowest BCUT2D eigenvalue weighted by Gasteiger charge is -2.15. The number of amides is 1. The van der Waals surface area contributed by atoms with Gasteiger partial charge in [0.1, 0.15) is 5.69 Å². The second kappa shape index (κ2) is 7.38. The molecule has 7 heteroatoms. The minimum Gasteiger partial charge on any atom is -0.494 e. The first-order valence-corrected chi connectivity index (χ1v) is 7.71. The Morgan fingerprint density at radius 2 is 1.92 bits per heavy atom. The maximum atomic E-state index is 13.8. The molecule has 25 heavy (non-hydrogen) atoms. The highest BCUT2D eigenvalue weighted by Gasteiger charge is 2.23. The van der Waals surface area contributed by atoms with Gasteiger partial charge in [0.15, 0.2) is 11.6 Å². The summed E-state index contributed by atoms with van der Waals surface area (Å²) in [7, 11) is 2.67. The van der Waals surface area contributed by atoms with Crippen molar-refractivity contribution in [2.75, 3.05) is 14.2 Å². The number of rotatable bonds is 5. The molecular formula is C18H21FN2O4. The number of nitrogens with one attached hydrogen (secondary N) is 2. The minimum atomic E-state index is -0.504. The fraction of sp³-hybridized carbons (Fsp3) is 0.333. The van der Waals surface area contributed by atoms with Crippen LogP contribution >= 0.6 is 0 Å². The van der Waals surface area contributed by atoms with Crippen molar-refractivity contribution in [2.24, 2.45) is 0 Å². The van der Waals surface area contributed by atoms with Gasteiger partial charge in [-0.25, -0.2) is 9.18 Å². The summed E-state index contributed by atoms with van der Waals surface area (Å²) in [6, 6.07) is 4.07. The Morgan fingerprint density at radius 3 is 2.48 bits per heavy atom. The number of aromatic amines is 1. The Balaban J connectivity index is 2.22. The number of carbonyl (C=O) groups excluding carboxylic acids is 2. The lowest BCUT2D eigenvalue weighted by molar-refractivity contribution is 0.0599. The molecule has 0 saturated carbocycles. The van der Waals surface area contributed by atoms with Gasteiger partial charge in [0.05, 0.1) is 25.8 Å². The van der Waals surface area contributed by atoms with E-state index in [1.807, 2.05) is 0 Å². The van der Waals surface area contributed by atoms with E-state index >= 15 is 0 Å². The van der Waals surface area contributed by atoms with Crippen molar-refractivity contribution in [3.63, 3.8) is 0 Å². The topological polar surface area (TPSA) is 80.4 Å². The predicted octanol–water partition coefficient (Wildman–Crippen LogP) is 3.06. The molecule has 0 saturated heterocycles. The summed E-state index contributed by atoms with van der Waals surface area (Å²) >= 11 is 0. The highest BCUT2D eigenvalue weighted by molar-refractivity contribution is 6.00. The summed E-state index contributed by atoms with van der Waals surface area (Å²) in [5.74, 6) is -1.25. The fourth-order valence-corrected chi connectivity index (χ4v) is 2.69. The molecule has 2 aromatic rings. The third-order valence-electron chi connectivity index (χ3n) is 4.08. The maximum Gasteiger partial charge on any atom is 0.339 e. The Labute approximate surface area is 145 Å². The Hall–Kier alpha value is -2.83. The number of aryl methyl sites for hydroxylation is 1. The third-order valence-corrected chi connectivity index (χ3v) is 4.08. The van der Waals surface area contributed by atoms with E-state index in [0.717, 1.165) is 0 Å². The highest BCUT2D eigenvalue weighted by Crippen LogP contribution is 2.23. The Morgan fingerprint density at radius 1 is 1.24 bits per heavy atom. The largest absolute Gasteiger partial charge is 0.494 e. The maximum absolute atomic E-state index is 13.8. The first kappa shape index (κ1) is 18.5. The lowest BCUT2D eigenvalue weighted by atomic mass is 10.1. The fourth-order valence-electron chi connectivity index (χ4n) is 2.69. The zero-order valence-corrected chi connectivity index (χ0v) is 14.8. The van der Waals surface area contributed by atoms with Crippen molar-refractivity contribution < 1.29 is 23.5 Å². The van der Waals surface area contributed by atoms with Gasteiger partial charge in [-0.2, -0.15) is 0 Å². The summed E-state index contributed by atoms with van der Waals surface area (Å²) in [5, 5.41) is 2.79. The van der Waals surface area contributed by atoms with E-state index in [4.69, 9.17) is 9.47 Å². The minimum absolute atomic E-state index is 0.140. The first-order chi connectivity index (χ1) is 11.8. The lowest BCUT2D eigenvalue weighted by Crippen LogP contribution is -2.27. The molecule has 1 aromatic heterocycles. The van der Waals surface area contributed by atoms with Gasteiger partial charge in [-0.1, -0.05) is 6.07 Å². The van der Waals surface area contributed by atoms with Gasteiger partial charge >= 0.3 is 5.97 Å². The molecule has 0 bridgehead atoms. The molecule has 1 atom stereocenters. The summed E-state index contributed by atoms with van der Waals surface area (Å²) < 4.78 is 23.4. The molecule has 0 aliphatic carbocycles. The average Bonchev–Trinajstić information content (AvgIpc) is 2.88. The third kappa shape index (κ3) is 3.65. The number of halogens is 1. The molecular weight excluding hydrogens is 327 g/mol. The van der Waals surface area contributed by atoms with Gasteiger partial charge in [-0.05, 0) is 44.0 Å². The van der Waals surface area contributed by atoms with E-state index in [2.05, 4.69) is 10.3 Å². The van der Waals surface area contributed by atoms with Crippen LogP contribution in [0.4, 0.5) is 4.39 Å². The number of esters is 1. The molecule has 0 aliphatic rings. The molecule has 2 N–H and O–H groups in total. The number of aromatic nitrogens is 1. The molecule has 1 aromatic carbocycles. The van der Waals surface area contributed by atoms with Gasteiger partial charge in [0, 0.05) is 5.69 Å². The van der Waals surface area contributed by atoms with E-state index in [1.54, 1.807) is 26.8 Å². The molecule has 1 heterocycles. The molecule has 0 aliphatic heterocycles. The molecule has 1 unspecified atom stereocenters. The van der Waals surface area contributed by atoms with Gasteiger partial charge < -0.3 is 19.8 Å². The van der Waals surface area contributed by atoms with Crippen molar-refractivity contribution in [1.29, 1.82) is 0 Å². The summed E-state index contributed by atoms with van der Waals surface area (Å²) in [6.45, 7) is 5.10. The van der Waals surface area contributed by atoms with Crippen LogP contribution in [-0.2, 0) is 4.74 Å². The molecule has 134 valence electrons. The van der Waals surface area contributed by atoms with Gasteiger partial charge in [0.2, 0.25) is 0 Å². The van der Waals surface area contributed by atoms with Crippen LogP contribution in [0.2, 0.25) is 0 Å². The summed E-state index contributed by atoms with van der Waals surface area (Å²) in [6.07, 6.45) is 0. The van der Waals surface area contributed by atoms with Crippen LogP contribution in [0.5, 0.6) is 5.75 Å². The van der Waals surface area contributed by atoms with E-state index < -0.39 is 17.8 Å². The summed E-state index contributed by atoms with van der Waals surface area (Å²) in [5.41, 5.74) is 2.28. The number of ether oxygens (including phenoxy) is 2.